The molecule has 24 heavy (non-hydrogen) atoms. The number of benzene rings is 2. The van der Waals surface area contributed by atoms with Crippen molar-refractivity contribution in [2.45, 2.75) is 23.5 Å². The average Bonchev–Trinajstić information content (AvgIpc) is 2.83. The van der Waals surface area contributed by atoms with E-state index < -0.39 is 5.25 Å². The molecule has 2 amide bonds. The summed E-state index contributed by atoms with van der Waals surface area (Å²) in [5.74, 6) is -0.529. The van der Waals surface area contributed by atoms with Crippen molar-refractivity contribution in [2.75, 3.05) is 10.6 Å². The lowest BCUT2D eigenvalue weighted by molar-refractivity contribution is -0.121. The summed E-state index contributed by atoms with van der Waals surface area (Å²) in [6.07, 6.45) is 0.155. The Kier molecular flexibility index (Phi) is 4.40. The van der Waals surface area contributed by atoms with Gasteiger partial charge in [-0.1, -0.05) is 0 Å². The highest BCUT2D eigenvalue weighted by atomic mass is 32.2. The molecule has 2 N–H and O–H groups in total. The Balaban J connectivity index is 1.78. The van der Waals surface area contributed by atoms with Crippen LogP contribution < -0.4 is 10.6 Å². The molecule has 0 saturated carbocycles. The third kappa shape index (κ3) is 3.19. The van der Waals surface area contributed by atoms with Crippen molar-refractivity contribution in [1.82, 2.24) is 0 Å². The fourth-order valence-electron chi connectivity index (χ4n) is 2.52. The van der Waals surface area contributed by atoms with Gasteiger partial charge in [-0.15, -0.1) is 11.8 Å². The van der Waals surface area contributed by atoms with E-state index in [1.54, 1.807) is 36.4 Å². The average molecular weight is 340 g/mol. The van der Waals surface area contributed by atoms with Gasteiger partial charge in [0, 0.05) is 22.6 Å². The van der Waals surface area contributed by atoms with Gasteiger partial charge in [0.15, 0.2) is 5.78 Å². The Morgan fingerprint density at radius 1 is 1.08 bits per heavy atom. The molecule has 2 aromatic rings. The first kappa shape index (κ1) is 16.3. The predicted molar refractivity (Wildman–Crippen MR) is 94.1 cm³/mol. The monoisotopic (exact) mass is 340 g/mol. The minimum Gasteiger partial charge on any atom is -0.399 e. The molecule has 0 aromatic heterocycles. The van der Waals surface area contributed by atoms with Gasteiger partial charge in [0.25, 0.3) is 0 Å². The molecule has 1 heterocycles. The molecular weight excluding hydrogens is 324 g/mol. The molecule has 1 fully saturated rings. The van der Waals surface area contributed by atoms with Gasteiger partial charge in [0.1, 0.15) is 0 Å². The molecule has 2 aromatic carbocycles. The first-order chi connectivity index (χ1) is 11.5. The van der Waals surface area contributed by atoms with E-state index in [0.29, 0.717) is 16.9 Å². The van der Waals surface area contributed by atoms with Crippen molar-refractivity contribution in [2.24, 2.45) is 0 Å². The number of ketones is 1. The van der Waals surface area contributed by atoms with Gasteiger partial charge in [-0.05, 0) is 55.5 Å². The Morgan fingerprint density at radius 2 is 1.71 bits per heavy atom. The summed E-state index contributed by atoms with van der Waals surface area (Å²) < 4.78 is 0. The topological polar surface area (TPSA) is 80.5 Å². The quantitative estimate of drug-likeness (QED) is 0.526. The number of hydrogen-bond donors (Lipinski definition) is 1. The number of nitrogens with two attached hydrogens (primary N) is 1. The largest absolute Gasteiger partial charge is 0.399 e. The summed E-state index contributed by atoms with van der Waals surface area (Å²) in [6, 6.07) is 13.7. The SMILES string of the molecule is CC(=O)c1ccc(N2C(=O)CC(Sc3ccc(N)cc3)C2=O)cc1. The number of anilines is 2. The maximum atomic E-state index is 12.6. The van der Waals surface area contributed by atoms with Crippen LogP contribution >= 0.6 is 11.8 Å². The molecule has 0 radical (unpaired) electrons. The van der Waals surface area contributed by atoms with Crippen LogP contribution in [0.15, 0.2) is 53.4 Å². The van der Waals surface area contributed by atoms with Crippen molar-refractivity contribution in [3.8, 4) is 0 Å². The molecule has 0 spiro atoms. The smallest absolute Gasteiger partial charge is 0.247 e. The van der Waals surface area contributed by atoms with E-state index in [9.17, 15) is 14.4 Å². The van der Waals surface area contributed by atoms with Crippen LogP contribution in [-0.4, -0.2) is 22.8 Å². The standard InChI is InChI=1S/C18H16N2O3S/c1-11(21)12-2-6-14(7-3-12)20-17(22)10-16(18(20)23)24-15-8-4-13(19)5-9-15/h2-9,16H,10,19H2,1H3. The van der Waals surface area contributed by atoms with Crippen LogP contribution in [0.2, 0.25) is 0 Å². The molecule has 1 aliphatic heterocycles. The molecule has 0 aliphatic carbocycles. The van der Waals surface area contributed by atoms with Crippen LogP contribution in [0, 0.1) is 0 Å². The first-order valence-corrected chi connectivity index (χ1v) is 8.33. The van der Waals surface area contributed by atoms with Gasteiger partial charge in [-0.2, -0.15) is 0 Å². The van der Waals surface area contributed by atoms with E-state index in [4.69, 9.17) is 5.73 Å². The third-order valence-corrected chi connectivity index (χ3v) is 4.99. The highest BCUT2D eigenvalue weighted by molar-refractivity contribution is 8.00. The highest BCUT2D eigenvalue weighted by Gasteiger charge is 2.40. The molecular formula is C18H16N2O3S. The van der Waals surface area contributed by atoms with Crippen molar-refractivity contribution in [1.29, 1.82) is 0 Å². The molecule has 122 valence electrons. The number of imide groups is 1. The van der Waals surface area contributed by atoms with Crippen LogP contribution in [0.1, 0.15) is 23.7 Å². The molecule has 1 saturated heterocycles. The Morgan fingerprint density at radius 3 is 2.29 bits per heavy atom. The number of nitrogens with zero attached hydrogens (tertiary/aromatic N) is 1. The van der Waals surface area contributed by atoms with E-state index in [1.165, 1.54) is 23.6 Å². The van der Waals surface area contributed by atoms with E-state index in [1.807, 2.05) is 12.1 Å². The van der Waals surface area contributed by atoms with Gasteiger partial charge in [-0.3, -0.25) is 14.4 Å². The second-order valence-electron chi connectivity index (χ2n) is 5.55. The zero-order chi connectivity index (χ0) is 17.3. The third-order valence-electron chi connectivity index (χ3n) is 3.80. The number of amides is 2. The normalized spacial score (nSPS) is 17.4. The van der Waals surface area contributed by atoms with Crippen molar-refractivity contribution >= 4 is 40.7 Å². The van der Waals surface area contributed by atoms with E-state index in [2.05, 4.69) is 0 Å². The maximum absolute atomic E-state index is 12.6. The maximum Gasteiger partial charge on any atom is 0.247 e. The lowest BCUT2D eigenvalue weighted by Gasteiger charge is -2.15. The van der Waals surface area contributed by atoms with Gasteiger partial charge in [0.05, 0.1) is 10.9 Å². The summed E-state index contributed by atoms with van der Waals surface area (Å²) >= 11 is 1.36. The number of carbonyl (C=O) groups is 3. The molecule has 1 atom stereocenters. The van der Waals surface area contributed by atoms with Crippen molar-refractivity contribution in [3.63, 3.8) is 0 Å². The van der Waals surface area contributed by atoms with Crippen LogP contribution in [-0.2, 0) is 9.59 Å². The van der Waals surface area contributed by atoms with E-state index in [0.717, 1.165) is 4.90 Å². The minimum atomic E-state index is -0.450. The lowest BCUT2D eigenvalue weighted by Crippen LogP contribution is -2.31. The number of Topliss-reactive ketones (excluding diaryl/α,β-unsaturated/α-hetero) is 1. The number of thioether (sulfide) groups is 1. The van der Waals surface area contributed by atoms with Crippen LogP contribution in [0.4, 0.5) is 11.4 Å². The number of nitrogen functional groups attached to an aromatic ring is 1. The fourth-order valence-corrected chi connectivity index (χ4v) is 3.58. The summed E-state index contributed by atoms with van der Waals surface area (Å²) in [5.41, 5.74) is 7.35. The predicted octanol–water partition coefficient (Wildman–Crippen LogP) is 2.90. The summed E-state index contributed by atoms with van der Waals surface area (Å²) in [4.78, 5) is 38.3. The number of hydrogen-bond acceptors (Lipinski definition) is 5. The zero-order valence-corrected chi connectivity index (χ0v) is 13.9. The lowest BCUT2D eigenvalue weighted by atomic mass is 10.1. The van der Waals surface area contributed by atoms with E-state index >= 15 is 0 Å². The molecule has 3 rings (SSSR count). The fraction of sp³-hybridized carbons (Fsp3) is 0.167. The molecule has 1 unspecified atom stereocenters. The van der Waals surface area contributed by atoms with Crippen LogP contribution in [0.5, 0.6) is 0 Å². The number of rotatable bonds is 4. The summed E-state index contributed by atoms with van der Waals surface area (Å²) in [5, 5.41) is -0.450. The first-order valence-electron chi connectivity index (χ1n) is 7.45. The number of carbonyl (C=O) groups excluding carboxylic acids is 3. The Labute approximate surface area is 143 Å². The van der Waals surface area contributed by atoms with Gasteiger partial charge in [-0.25, -0.2) is 4.90 Å². The van der Waals surface area contributed by atoms with Gasteiger partial charge in [0.2, 0.25) is 11.8 Å². The summed E-state index contributed by atoms with van der Waals surface area (Å²) in [6.45, 7) is 1.47. The van der Waals surface area contributed by atoms with Crippen molar-refractivity contribution in [3.05, 3.63) is 54.1 Å². The minimum absolute atomic E-state index is 0.0580. The zero-order valence-electron chi connectivity index (χ0n) is 13.1. The Bertz CT molecular complexity index is 800. The molecule has 5 nitrogen and oxygen atoms in total. The van der Waals surface area contributed by atoms with Crippen molar-refractivity contribution < 1.29 is 14.4 Å². The van der Waals surface area contributed by atoms with Crippen LogP contribution in [0.25, 0.3) is 0 Å². The van der Waals surface area contributed by atoms with Crippen LogP contribution in [0.3, 0.4) is 0 Å². The van der Waals surface area contributed by atoms with Gasteiger partial charge < -0.3 is 5.73 Å². The second-order valence-corrected chi connectivity index (χ2v) is 6.83. The molecule has 0 bridgehead atoms. The molecule has 1 aliphatic rings. The van der Waals surface area contributed by atoms with E-state index in [-0.39, 0.29) is 24.0 Å². The Hall–Kier alpha value is -2.60. The van der Waals surface area contributed by atoms with Gasteiger partial charge >= 0.3 is 0 Å². The highest BCUT2D eigenvalue weighted by Crippen LogP contribution is 2.34. The summed E-state index contributed by atoms with van der Waals surface area (Å²) in [7, 11) is 0. The second kappa shape index (κ2) is 6.49. The molecule has 6 heteroatoms.